The third-order valence-corrected chi connectivity index (χ3v) is 4.66. The quantitative estimate of drug-likeness (QED) is 0.460. The van der Waals surface area contributed by atoms with Crippen molar-refractivity contribution in [3.05, 3.63) is 29.8 Å². The molecule has 23 heavy (non-hydrogen) atoms. The molecule has 1 aromatic carbocycles. The maximum atomic E-state index is 5.40. The van der Waals surface area contributed by atoms with E-state index < -0.39 is 0 Å². The second kappa shape index (κ2) is 8.77. The molecule has 1 fully saturated rings. The first kappa shape index (κ1) is 17.6. The summed E-state index contributed by atoms with van der Waals surface area (Å²) in [6, 6.07) is 8.48. The van der Waals surface area contributed by atoms with Gasteiger partial charge in [0.05, 0.1) is 13.7 Å². The topological polar surface area (TPSA) is 54.9 Å². The fraction of sp³-hybridized carbons (Fsp3) is 0.611. The van der Waals surface area contributed by atoms with Crippen molar-refractivity contribution in [2.45, 2.75) is 31.1 Å². The first-order valence-electron chi connectivity index (χ1n) is 8.32. The summed E-state index contributed by atoms with van der Waals surface area (Å²) in [6.07, 6.45) is 4.94. The van der Waals surface area contributed by atoms with E-state index in [1.165, 1.54) is 31.2 Å². The van der Waals surface area contributed by atoms with Gasteiger partial charge in [0.25, 0.3) is 0 Å². The van der Waals surface area contributed by atoms with E-state index >= 15 is 0 Å². The van der Waals surface area contributed by atoms with Crippen LogP contribution >= 0.6 is 0 Å². The maximum Gasteiger partial charge on any atom is 0.191 e. The van der Waals surface area contributed by atoms with Gasteiger partial charge in [-0.25, -0.2) is 0 Å². The van der Waals surface area contributed by atoms with Crippen LogP contribution in [0.1, 0.15) is 31.2 Å². The average Bonchev–Trinajstić information content (AvgIpc) is 3.08. The van der Waals surface area contributed by atoms with Gasteiger partial charge >= 0.3 is 0 Å². The SMILES string of the molecule is CN=C(NCCOC)NCC1(c2cccc(OC)c2)CCCC1. The molecule has 1 aliphatic carbocycles. The summed E-state index contributed by atoms with van der Waals surface area (Å²) >= 11 is 0. The summed E-state index contributed by atoms with van der Waals surface area (Å²) in [5.41, 5.74) is 1.52. The summed E-state index contributed by atoms with van der Waals surface area (Å²) < 4.78 is 10.5. The van der Waals surface area contributed by atoms with Gasteiger partial charge < -0.3 is 20.1 Å². The van der Waals surface area contributed by atoms with Crippen LogP contribution in [-0.4, -0.2) is 46.9 Å². The molecule has 0 radical (unpaired) electrons. The molecule has 0 heterocycles. The van der Waals surface area contributed by atoms with Crippen molar-refractivity contribution in [2.75, 3.05) is 41.0 Å². The van der Waals surface area contributed by atoms with Crippen molar-refractivity contribution in [2.24, 2.45) is 4.99 Å². The Morgan fingerprint density at radius 1 is 1.22 bits per heavy atom. The zero-order chi connectivity index (χ0) is 16.5. The third kappa shape index (κ3) is 4.61. The highest BCUT2D eigenvalue weighted by molar-refractivity contribution is 5.79. The van der Waals surface area contributed by atoms with Crippen LogP contribution in [0.3, 0.4) is 0 Å². The molecular weight excluding hydrogens is 290 g/mol. The number of aliphatic imine (C=N–C) groups is 1. The van der Waals surface area contributed by atoms with Gasteiger partial charge in [-0.2, -0.15) is 0 Å². The Morgan fingerprint density at radius 2 is 2.00 bits per heavy atom. The van der Waals surface area contributed by atoms with Crippen molar-refractivity contribution < 1.29 is 9.47 Å². The van der Waals surface area contributed by atoms with Crippen molar-refractivity contribution in [3.8, 4) is 5.75 Å². The zero-order valence-corrected chi connectivity index (χ0v) is 14.5. The molecule has 5 nitrogen and oxygen atoms in total. The molecule has 128 valence electrons. The van der Waals surface area contributed by atoms with Gasteiger partial charge in [-0.1, -0.05) is 25.0 Å². The smallest absolute Gasteiger partial charge is 0.191 e. The Hall–Kier alpha value is -1.75. The van der Waals surface area contributed by atoms with E-state index in [0.29, 0.717) is 6.61 Å². The summed E-state index contributed by atoms with van der Waals surface area (Å²) in [5.74, 6) is 1.76. The summed E-state index contributed by atoms with van der Waals surface area (Å²) in [4.78, 5) is 4.29. The van der Waals surface area contributed by atoms with Crippen molar-refractivity contribution in [1.29, 1.82) is 0 Å². The molecule has 2 rings (SSSR count). The van der Waals surface area contributed by atoms with Gasteiger partial charge in [0, 0.05) is 32.7 Å². The number of hydrogen-bond donors (Lipinski definition) is 2. The summed E-state index contributed by atoms with van der Waals surface area (Å²) in [5, 5.41) is 6.76. The van der Waals surface area contributed by atoms with E-state index in [1.54, 1.807) is 21.3 Å². The van der Waals surface area contributed by atoms with Crippen LogP contribution in [0.2, 0.25) is 0 Å². The van der Waals surface area contributed by atoms with Crippen molar-refractivity contribution >= 4 is 5.96 Å². The fourth-order valence-corrected chi connectivity index (χ4v) is 3.32. The van der Waals surface area contributed by atoms with Crippen LogP contribution < -0.4 is 15.4 Å². The molecule has 0 amide bonds. The lowest BCUT2D eigenvalue weighted by molar-refractivity contribution is 0.203. The molecule has 2 N–H and O–H groups in total. The Bertz CT molecular complexity index is 511. The normalized spacial score (nSPS) is 17.1. The minimum absolute atomic E-state index is 0.160. The average molecular weight is 319 g/mol. The Kier molecular flexibility index (Phi) is 6.71. The van der Waals surface area contributed by atoms with Crippen molar-refractivity contribution in [3.63, 3.8) is 0 Å². The van der Waals surface area contributed by atoms with Crippen molar-refractivity contribution in [1.82, 2.24) is 10.6 Å². The van der Waals surface area contributed by atoms with Crippen LogP contribution in [0.5, 0.6) is 5.75 Å². The summed E-state index contributed by atoms with van der Waals surface area (Å²) in [7, 11) is 5.23. The highest BCUT2D eigenvalue weighted by atomic mass is 16.5. The van der Waals surface area contributed by atoms with Crippen LogP contribution in [0, 0.1) is 0 Å². The van der Waals surface area contributed by atoms with Gasteiger partial charge in [0.2, 0.25) is 0 Å². The molecule has 0 atom stereocenters. The van der Waals surface area contributed by atoms with Gasteiger partial charge in [-0.3, -0.25) is 4.99 Å². The van der Waals surface area contributed by atoms with E-state index in [1.807, 2.05) is 6.07 Å². The predicted molar refractivity (Wildman–Crippen MR) is 94.4 cm³/mol. The molecular formula is C18H29N3O2. The highest BCUT2D eigenvalue weighted by Gasteiger charge is 2.35. The van der Waals surface area contributed by atoms with E-state index in [-0.39, 0.29) is 5.41 Å². The van der Waals surface area contributed by atoms with E-state index in [4.69, 9.17) is 9.47 Å². The number of ether oxygens (including phenoxy) is 2. The molecule has 0 aromatic heterocycles. The van der Waals surface area contributed by atoms with Gasteiger partial charge in [0.15, 0.2) is 5.96 Å². The second-order valence-corrected chi connectivity index (χ2v) is 6.06. The van der Waals surface area contributed by atoms with Crippen LogP contribution in [-0.2, 0) is 10.2 Å². The number of methoxy groups -OCH3 is 2. The Morgan fingerprint density at radius 3 is 2.65 bits per heavy atom. The Labute approximate surface area is 139 Å². The second-order valence-electron chi connectivity index (χ2n) is 6.06. The van der Waals surface area contributed by atoms with E-state index in [9.17, 15) is 0 Å². The minimum Gasteiger partial charge on any atom is -0.497 e. The van der Waals surface area contributed by atoms with Gasteiger partial charge in [-0.05, 0) is 30.5 Å². The van der Waals surface area contributed by atoms with Gasteiger partial charge in [0.1, 0.15) is 5.75 Å². The monoisotopic (exact) mass is 319 g/mol. The fourth-order valence-electron chi connectivity index (χ4n) is 3.32. The summed E-state index contributed by atoms with van der Waals surface area (Å²) in [6.45, 7) is 2.30. The lowest BCUT2D eigenvalue weighted by Crippen LogP contribution is -2.45. The largest absolute Gasteiger partial charge is 0.497 e. The number of nitrogens with one attached hydrogen (secondary N) is 2. The molecule has 0 aliphatic heterocycles. The van der Waals surface area contributed by atoms with Crippen LogP contribution in [0.15, 0.2) is 29.3 Å². The molecule has 1 aliphatic rings. The first-order valence-corrected chi connectivity index (χ1v) is 8.32. The molecule has 0 spiro atoms. The number of benzene rings is 1. The molecule has 5 heteroatoms. The molecule has 1 aromatic rings. The lowest BCUT2D eigenvalue weighted by Gasteiger charge is -2.31. The standard InChI is InChI=1S/C18H29N3O2/c1-19-17(20-11-12-22-2)21-14-18(9-4-5-10-18)15-7-6-8-16(13-15)23-3/h6-8,13H,4-5,9-12,14H2,1-3H3,(H2,19,20,21). The minimum atomic E-state index is 0.160. The first-order chi connectivity index (χ1) is 11.2. The number of hydrogen-bond acceptors (Lipinski definition) is 3. The molecule has 1 saturated carbocycles. The zero-order valence-electron chi connectivity index (χ0n) is 14.5. The highest BCUT2D eigenvalue weighted by Crippen LogP contribution is 2.41. The Balaban J connectivity index is 2.05. The van der Waals surface area contributed by atoms with Crippen LogP contribution in [0.4, 0.5) is 0 Å². The lowest BCUT2D eigenvalue weighted by atomic mass is 9.78. The number of guanidine groups is 1. The molecule has 0 saturated heterocycles. The predicted octanol–water partition coefficient (Wildman–Crippen LogP) is 2.32. The number of nitrogens with zero attached hydrogens (tertiary/aromatic N) is 1. The third-order valence-electron chi connectivity index (χ3n) is 4.66. The van der Waals surface area contributed by atoms with Gasteiger partial charge in [-0.15, -0.1) is 0 Å². The van der Waals surface area contributed by atoms with Crippen LogP contribution in [0.25, 0.3) is 0 Å². The maximum absolute atomic E-state index is 5.40. The number of rotatable bonds is 7. The molecule has 0 unspecified atom stereocenters. The van der Waals surface area contributed by atoms with E-state index in [2.05, 4.69) is 33.8 Å². The van der Waals surface area contributed by atoms with E-state index in [0.717, 1.165) is 24.8 Å². The molecule has 0 bridgehead atoms.